The Balaban J connectivity index is -0.000000471. The molecule has 5 aromatic heterocycles. The van der Waals surface area contributed by atoms with Gasteiger partial charge < -0.3 is 45.6 Å². The number of carbonyl (C=O) groups is 4. The van der Waals surface area contributed by atoms with Crippen LogP contribution >= 0.6 is 15.9 Å². The number of ether oxygens (including phenoxy) is 2. The molecule has 5 aromatic rings. The first-order valence-electron chi connectivity index (χ1n) is 23.8. The maximum absolute atomic E-state index is 11.7. The number of rotatable bonds is 18. The second-order valence-corrected chi connectivity index (χ2v) is 29.4. The summed E-state index contributed by atoms with van der Waals surface area (Å²) >= 11 is 3.37. The van der Waals surface area contributed by atoms with Gasteiger partial charge in [0, 0.05) is 65.8 Å². The van der Waals surface area contributed by atoms with Crippen molar-refractivity contribution in [3.05, 3.63) is 108 Å². The van der Waals surface area contributed by atoms with E-state index in [9.17, 15) is 14.4 Å². The number of halogens is 1. The van der Waals surface area contributed by atoms with E-state index < -0.39 is 22.6 Å². The van der Waals surface area contributed by atoms with E-state index in [1.165, 1.54) is 24.7 Å². The summed E-state index contributed by atoms with van der Waals surface area (Å²) in [7, 11) is -3.19. The number of carbonyl (C=O) groups excluding carboxylic acids is 3. The SMILES string of the molecule is CC(C)(C)[Si](C)(C)OCCBr.CCOC(=O)c1ccc(-c2cnn(CCO[Si](C)(C)C(C)(C)C)c2)nc1.CCOC(=O)c1ccc(C2=CCN=C2)nc1.O=C(O)c1ccc(-c2cnn(CCO)c2)nc1.O=CO[O-].[Cs+].[Cs+].[H-].[Na+].[OH-]. The zero-order chi connectivity index (χ0) is 55.5. The van der Waals surface area contributed by atoms with Crippen molar-refractivity contribution in [2.75, 3.05) is 44.9 Å². The summed E-state index contributed by atoms with van der Waals surface area (Å²) < 4.78 is 25.3. The van der Waals surface area contributed by atoms with Crippen molar-refractivity contribution in [3.8, 4) is 22.5 Å². The van der Waals surface area contributed by atoms with Crippen LogP contribution in [0.3, 0.4) is 0 Å². The number of aliphatic imine (C=N–C) groups is 1. The number of aromatic carboxylic acids is 1. The van der Waals surface area contributed by atoms with Gasteiger partial charge in [0.1, 0.15) is 0 Å². The molecule has 0 fully saturated rings. The van der Waals surface area contributed by atoms with Crippen LogP contribution in [0.2, 0.25) is 36.3 Å². The molecular formula is C51H74BrCs2N8NaO13Si2. The van der Waals surface area contributed by atoms with Crippen LogP contribution in [0.25, 0.3) is 28.1 Å². The molecule has 0 atom stereocenters. The quantitative estimate of drug-likeness (QED) is 0.0274. The first kappa shape index (κ1) is 81.2. The molecule has 6 heterocycles. The number of alkyl halides is 1. The molecule has 0 radical (unpaired) electrons. The summed E-state index contributed by atoms with van der Waals surface area (Å²) in [5.74, 6) is -1.69. The van der Waals surface area contributed by atoms with Gasteiger partial charge in [-0.05, 0) is 86.5 Å². The smallest absolute Gasteiger partial charge is 1.00 e. The topological polar surface area (TPSA) is 295 Å². The van der Waals surface area contributed by atoms with Gasteiger partial charge in [-0.2, -0.15) is 10.2 Å². The fraction of sp³-hybridized carbons (Fsp3) is 0.451. The first-order chi connectivity index (χ1) is 34.9. The fourth-order valence-corrected chi connectivity index (χ4v) is 8.02. The number of hydrogen-bond donors (Lipinski definition) is 2. The molecule has 0 aliphatic carbocycles. The molecule has 21 nitrogen and oxygen atoms in total. The van der Waals surface area contributed by atoms with Crippen LogP contribution in [0.15, 0.2) is 90.8 Å². The number of nitrogens with zero attached hydrogens (tertiary/aromatic N) is 8. The molecule has 3 N–H and O–H groups in total. The average Bonchev–Trinajstić information content (AvgIpc) is 4.18. The number of carboxylic acid groups (broad SMARTS) is 1. The Kier molecular flexibility index (Phi) is 43.6. The fourth-order valence-electron chi connectivity index (χ4n) is 5.48. The molecule has 78 heavy (non-hydrogen) atoms. The number of hydrogen-bond acceptors (Lipinski definition) is 18. The number of carboxylic acids is 1. The van der Waals surface area contributed by atoms with E-state index in [1.807, 2.05) is 17.0 Å². The number of pyridine rings is 3. The predicted octanol–water partition coefficient (Wildman–Crippen LogP) is -0.709. The number of aliphatic hydroxyl groups excluding tert-OH is 1. The largest absolute Gasteiger partial charge is 1.00 e. The number of esters is 2. The summed E-state index contributed by atoms with van der Waals surface area (Å²) in [4.78, 5) is 61.6. The molecule has 0 spiro atoms. The Labute approximate surface area is 610 Å². The maximum atomic E-state index is 11.7. The van der Waals surface area contributed by atoms with Crippen LogP contribution in [-0.2, 0) is 41.1 Å². The van der Waals surface area contributed by atoms with Crippen LogP contribution in [0.5, 0.6) is 0 Å². The van der Waals surface area contributed by atoms with Gasteiger partial charge in [-0.15, -0.1) is 0 Å². The summed E-state index contributed by atoms with van der Waals surface area (Å²) in [6.07, 6.45) is 15.2. The molecule has 0 bridgehead atoms. The Morgan fingerprint density at radius 3 is 1.46 bits per heavy atom. The van der Waals surface area contributed by atoms with Crippen LogP contribution in [0.4, 0.5) is 0 Å². The van der Waals surface area contributed by atoms with Gasteiger partial charge in [-0.3, -0.25) is 34.1 Å². The molecule has 414 valence electrons. The van der Waals surface area contributed by atoms with E-state index in [0.717, 1.165) is 40.0 Å². The van der Waals surface area contributed by atoms with E-state index >= 15 is 0 Å². The average molecular weight is 1430 g/mol. The van der Waals surface area contributed by atoms with Crippen molar-refractivity contribution in [1.29, 1.82) is 0 Å². The van der Waals surface area contributed by atoms with E-state index in [0.29, 0.717) is 61.3 Å². The molecule has 0 saturated carbocycles. The Hall–Kier alpha value is -1.02. The van der Waals surface area contributed by atoms with Crippen molar-refractivity contribution in [1.82, 2.24) is 34.5 Å². The minimum Gasteiger partial charge on any atom is -1.00 e. The molecule has 0 unspecified atom stereocenters. The molecule has 1 aliphatic rings. The second-order valence-electron chi connectivity index (χ2n) is 19.0. The molecule has 1 aliphatic heterocycles. The third-order valence-electron chi connectivity index (χ3n) is 11.7. The van der Waals surface area contributed by atoms with Crippen molar-refractivity contribution in [2.45, 2.75) is 105 Å². The van der Waals surface area contributed by atoms with Gasteiger partial charge in [0.2, 0.25) is 0 Å². The molecule has 0 saturated heterocycles. The van der Waals surface area contributed by atoms with Gasteiger partial charge in [0.15, 0.2) is 16.6 Å². The summed E-state index contributed by atoms with van der Waals surface area (Å²) in [5, 5.41) is 35.8. The van der Waals surface area contributed by atoms with Crippen LogP contribution in [0.1, 0.15) is 93.6 Å². The minimum absolute atomic E-state index is 0. The van der Waals surface area contributed by atoms with E-state index in [4.69, 9.17) is 38.6 Å². The van der Waals surface area contributed by atoms with Crippen molar-refractivity contribution in [2.24, 2.45) is 4.99 Å². The number of aliphatic hydroxyl groups is 1. The zero-order valence-electron chi connectivity index (χ0n) is 49.0. The van der Waals surface area contributed by atoms with Crippen LogP contribution < -0.4 is 173 Å². The van der Waals surface area contributed by atoms with Crippen LogP contribution in [-0.4, -0.2) is 142 Å². The van der Waals surface area contributed by atoms with E-state index in [2.05, 4.69) is 119 Å². The Morgan fingerprint density at radius 1 is 0.718 bits per heavy atom. The third kappa shape index (κ3) is 29.5. The standard InChI is InChI=1S/C19H29N3O3Si.C12H12N2O2.C11H11N3O3.C8H19BrOSi.CH2O3.2Cs.Na.H2O.H/c1-7-24-18(23)15-8-9-17(20-12-15)16-13-21-22(14-16)10-11-25-26(5,6)19(2,3)4;1-2-16-12(15)10-3-4-11(14-8-10)9-5-6-13-7-9;15-4-3-14-7-9(6-13-14)10-2-1-8(5-12-10)11(16)17;1-8(2,3)11(4,5)10-7-6-9;2-1-4-3;;;;;/h8-9,12-14H,7,10-11H2,1-6H3;3-5,7-8H,2,6H2,1H3;1-2,5-7,15H,3-4H2,(H,16,17);6-7H2,1-5H3;1,3H;;;;1H2;/q;;;;;3*+1;;-1/p-2. The maximum Gasteiger partial charge on any atom is 1.00 e. The van der Waals surface area contributed by atoms with Gasteiger partial charge in [0.25, 0.3) is 6.47 Å². The molecule has 6 rings (SSSR count). The van der Waals surface area contributed by atoms with Gasteiger partial charge in [0.05, 0.1) is 92.2 Å². The number of aromatic nitrogens is 7. The molecule has 0 aromatic carbocycles. The Bertz CT molecular complexity index is 2570. The first-order valence-corrected chi connectivity index (χ1v) is 30.7. The second kappa shape index (κ2) is 41.9. The summed E-state index contributed by atoms with van der Waals surface area (Å²) in [5.41, 5.74) is 6.02. The van der Waals surface area contributed by atoms with Gasteiger partial charge in [-0.25, -0.2) is 14.4 Å². The van der Waals surface area contributed by atoms with Gasteiger partial charge in [-0.1, -0.05) is 63.5 Å². The molecule has 27 heteroatoms. The predicted molar refractivity (Wildman–Crippen MR) is 293 cm³/mol. The zero-order valence-corrected chi connectivity index (χ0v) is 66.1. The van der Waals surface area contributed by atoms with E-state index in [1.54, 1.807) is 73.7 Å². The summed E-state index contributed by atoms with van der Waals surface area (Å²) in [6.45, 7) is 30.0. The third-order valence-corrected chi connectivity index (χ3v) is 21.1. The van der Waals surface area contributed by atoms with E-state index in [-0.39, 0.29) is 210 Å². The van der Waals surface area contributed by atoms with Crippen molar-refractivity contribution in [3.63, 3.8) is 0 Å². The van der Waals surface area contributed by atoms with Crippen molar-refractivity contribution >= 4 is 68.7 Å². The molecule has 0 amide bonds. The minimum atomic E-state index is -1.74. The Morgan fingerprint density at radius 2 is 1.13 bits per heavy atom. The van der Waals surface area contributed by atoms with Crippen molar-refractivity contribution < 1.29 is 232 Å². The van der Waals surface area contributed by atoms with Crippen LogP contribution in [0, 0.1) is 0 Å². The summed E-state index contributed by atoms with van der Waals surface area (Å²) in [6, 6.07) is 10.2. The molecular weight excluding hydrogens is 1360 g/mol. The monoisotopic (exact) mass is 1430 g/mol. The number of allylic oxidation sites excluding steroid dienone is 1. The normalized spacial score (nSPS) is 11.3. The van der Waals surface area contributed by atoms with Gasteiger partial charge >= 0.3 is 185 Å².